The van der Waals surface area contributed by atoms with Gasteiger partial charge >= 0.3 is 0 Å². The fourth-order valence-corrected chi connectivity index (χ4v) is 3.14. The average Bonchev–Trinajstić information content (AvgIpc) is 3.28. The molecule has 6 nitrogen and oxygen atoms in total. The molecule has 0 aliphatic heterocycles. The number of hydrogen-bond acceptors (Lipinski definition) is 4. The summed E-state index contributed by atoms with van der Waals surface area (Å²) in [6.07, 6.45) is 1.44. The quantitative estimate of drug-likeness (QED) is 0.529. The first-order valence-corrected chi connectivity index (χ1v) is 9.82. The molecule has 1 heterocycles. The van der Waals surface area contributed by atoms with E-state index in [1.807, 2.05) is 37.3 Å². The Hall–Kier alpha value is -3.38. The first kappa shape index (κ1) is 21.3. The van der Waals surface area contributed by atoms with Gasteiger partial charge in [-0.2, -0.15) is 0 Å². The number of furan rings is 1. The van der Waals surface area contributed by atoms with Gasteiger partial charge in [-0.3, -0.25) is 9.59 Å². The molecule has 6 heteroatoms. The number of hydrogen-bond donors (Lipinski definition) is 3. The van der Waals surface area contributed by atoms with E-state index in [-0.39, 0.29) is 17.6 Å². The summed E-state index contributed by atoms with van der Waals surface area (Å²) in [6, 6.07) is 19.8. The molecule has 3 aromatic rings. The Morgan fingerprint density at radius 2 is 1.80 bits per heavy atom. The maximum absolute atomic E-state index is 12.7. The van der Waals surface area contributed by atoms with Crippen LogP contribution in [0.15, 0.2) is 77.4 Å². The smallest absolute Gasteiger partial charge is 0.291 e. The van der Waals surface area contributed by atoms with E-state index in [1.54, 1.807) is 43.3 Å². The van der Waals surface area contributed by atoms with Crippen LogP contribution in [-0.4, -0.2) is 29.6 Å². The highest BCUT2D eigenvalue weighted by Crippen LogP contribution is 2.26. The highest BCUT2D eigenvalue weighted by atomic mass is 16.3. The van der Waals surface area contributed by atoms with Crippen molar-refractivity contribution in [3.8, 4) is 0 Å². The number of rotatable bonds is 8. The summed E-state index contributed by atoms with van der Waals surface area (Å²) in [5.74, 6) is -0.468. The lowest BCUT2D eigenvalue weighted by molar-refractivity contribution is 0.0500. The third-order valence-corrected chi connectivity index (χ3v) is 5.24. The van der Waals surface area contributed by atoms with Gasteiger partial charge in [0.25, 0.3) is 11.8 Å². The van der Waals surface area contributed by atoms with Crippen molar-refractivity contribution in [1.29, 1.82) is 0 Å². The molecule has 0 radical (unpaired) electrons. The molecule has 0 bridgehead atoms. The molecular weight excluding hydrogens is 380 g/mol. The lowest BCUT2D eigenvalue weighted by Gasteiger charge is -2.33. The average molecular weight is 406 g/mol. The zero-order chi connectivity index (χ0) is 21.6. The van der Waals surface area contributed by atoms with Gasteiger partial charge in [0.15, 0.2) is 5.76 Å². The van der Waals surface area contributed by atoms with Crippen molar-refractivity contribution in [1.82, 2.24) is 5.32 Å². The van der Waals surface area contributed by atoms with Crippen LogP contribution in [0.3, 0.4) is 0 Å². The molecule has 3 N–H and O–H groups in total. The number of aliphatic hydroxyl groups is 1. The topological polar surface area (TPSA) is 91.6 Å². The Bertz CT molecular complexity index is 983. The van der Waals surface area contributed by atoms with Crippen molar-refractivity contribution in [3.05, 3.63) is 89.9 Å². The lowest BCUT2D eigenvalue weighted by Crippen LogP contribution is -2.43. The maximum atomic E-state index is 12.7. The van der Waals surface area contributed by atoms with E-state index in [9.17, 15) is 14.7 Å². The lowest BCUT2D eigenvalue weighted by atomic mass is 9.79. The van der Waals surface area contributed by atoms with Gasteiger partial charge in [0, 0.05) is 23.2 Å². The molecule has 156 valence electrons. The molecule has 3 rings (SSSR count). The minimum absolute atomic E-state index is 0.193. The van der Waals surface area contributed by atoms with Crippen molar-refractivity contribution in [2.45, 2.75) is 26.4 Å². The molecule has 0 unspecified atom stereocenters. The van der Waals surface area contributed by atoms with Crippen LogP contribution in [0, 0.1) is 5.41 Å². The first-order chi connectivity index (χ1) is 14.4. The van der Waals surface area contributed by atoms with E-state index in [0.29, 0.717) is 24.2 Å². The summed E-state index contributed by atoms with van der Waals surface area (Å²) in [7, 11) is 0. The molecule has 30 heavy (non-hydrogen) atoms. The highest BCUT2D eigenvalue weighted by Gasteiger charge is 2.31. The van der Waals surface area contributed by atoms with Gasteiger partial charge in [-0.25, -0.2) is 0 Å². The normalized spacial score (nSPS) is 13.8. The molecular formula is C24H26N2O4. The standard InChI is InChI=1S/C24H26N2O4/c1-17(27)24(2,15-18-8-4-3-5-9-18)16-25-22(28)19-10-6-11-20(14-19)26-23(29)21-12-7-13-30-21/h3-14,17,27H,15-16H2,1-2H3,(H,25,28)(H,26,29)/t17-,24-/m1/s1. The number of carbonyl (C=O) groups is 2. The van der Waals surface area contributed by atoms with Gasteiger partial charge in [0.1, 0.15) is 0 Å². The number of amides is 2. The molecule has 0 aliphatic carbocycles. The van der Waals surface area contributed by atoms with Crippen LogP contribution >= 0.6 is 0 Å². The van der Waals surface area contributed by atoms with Crippen LogP contribution in [0.5, 0.6) is 0 Å². The van der Waals surface area contributed by atoms with Crippen LogP contribution in [0.25, 0.3) is 0 Å². The maximum Gasteiger partial charge on any atom is 0.291 e. The van der Waals surface area contributed by atoms with Gasteiger partial charge in [-0.15, -0.1) is 0 Å². The SMILES string of the molecule is C[C@@H](O)[C@@](C)(CNC(=O)c1cccc(NC(=O)c2ccco2)c1)Cc1ccccc1. The second-order valence-corrected chi connectivity index (χ2v) is 7.69. The number of nitrogens with one attached hydrogen (secondary N) is 2. The molecule has 0 aliphatic rings. The van der Waals surface area contributed by atoms with Gasteiger partial charge in [-0.1, -0.05) is 43.3 Å². The van der Waals surface area contributed by atoms with Gasteiger partial charge < -0.3 is 20.2 Å². The van der Waals surface area contributed by atoms with Crippen molar-refractivity contribution < 1.29 is 19.1 Å². The molecule has 2 atom stereocenters. The van der Waals surface area contributed by atoms with Gasteiger partial charge in [0.05, 0.1) is 12.4 Å². The van der Waals surface area contributed by atoms with Gasteiger partial charge in [0.2, 0.25) is 0 Å². The monoisotopic (exact) mass is 406 g/mol. The third-order valence-electron chi connectivity index (χ3n) is 5.24. The van der Waals surface area contributed by atoms with Crippen LogP contribution in [-0.2, 0) is 6.42 Å². The summed E-state index contributed by atoms with van der Waals surface area (Å²) < 4.78 is 5.08. The molecule has 0 saturated heterocycles. The number of anilines is 1. The highest BCUT2D eigenvalue weighted by molar-refractivity contribution is 6.03. The molecule has 2 aromatic carbocycles. The number of benzene rings is 2. The second kappa shape index (κ2) is 9.41. The summed E-state index contributed by atoms with van der Waals surface area (Å²) in [5, 5.41) is 16.0. The Morgan fingerprint density at radius 3 is 2.47 bits per heavy atom. The largest absolute Gasteiger partial charge is 0.459 e. The third kappa shape index (κ3) is 5.36. The Balaban J connectivity index is 1.65. The molecule has 0 spiro atoms. The van der Waals surface area contributed by atoms with Crippen molar-refractivity contribution in [3.63, 3.8) is 0 Å². The summed E-state index contributed by atoms with van der Waals surface area (Å²) in [6.45, 7) is 3.99. The van der Waals surface area contributed by atoms with Gasteiger partial charge in [-0.05, 0) is 49.2 Å². The van der Waals surface area contributed by atoms with E-state index in [2.05, 4.69) is 10.6 Å². The Kier molecular flexibility index (Phi) is 6.69. The van der Waals surface area contributed by atoms with Crippen LogP contribution in [0.1, 0.15) is 40.3 Å². The van der Waals surface area contributed by atoms with Crippen molar-refractivity contribution in [2.75, 3.05) is 11.9 Å². The first-order valence-electron chi connectivity index (χ1n) is 9.82. The molecule has 0 fully saturated rings. The number of carbonyl (C=O) groups excluding carboxylic acids is 2. The zero-order valence-electron chi connectivity index (χ0n) is 17.1. The molecule has 0 saturated carbocycles. The van der Waals surface area contributed by atoms with Crippen LogP contribution in [0.2, 0.25) is 0 Å². The fraction of sp³-hybridized carbons (Fsp3) is 0.250. The summed E-state index contributed by atoms with van der Waals surface area (Å²) >= 11 is 0. The van der Waals surface area contributed by atoms with Crippen LogP contribution in [0.4, 0.5) is 5.69 Å². The van der Waals surface area contributed by atoms with E-state index in [0.717, 1.165) is 5.56 Å². The van der Waals surface area contributed by atoms with Crippen LogP contribution < -0.4 is 10.6 Å². The molecule has 1 aromatic heterocycles. The Labute approximate surface area is 175 Å². The predicted octanol–water partition coefficient (Wildman–Crippen LogP) is 3.89. The fourth-order valence-electron chi connectivity index (χ4n) is 3.14. The van der Waals surface area contributed by atoms with E-state index in [1.165, 1.54) is 6.26 Å². The second-order valence-electron chi connectivity index (χ2n) is 7.69. The summed E-state index contributed by atoms with van der Waals surface area (Å²) in [5.41, 5.74) is 1.48. The van der Waals surface area contributed by atoms with E-state index in [4.69, 9.17) is 4.42 Å². The zero-order valence-corrected chi connectivity index (χ0v) is 17.1. The Morgan fingerprint density at radius 1 is 1.03 bits per heavy atom. The van der Waals surface area contributed by atoms with Crippen molar-refractivity contribution >= 4 is 17.5 Å². The molecule has 2 amide bonds. The van der Waals surface area contributed by atoms with Crippen molar-refractivity contribution in [2.24, 2.45) is 5.41 Å². The van der Waals surface area contributed by atoms with E-state index < -0.39 is 11.5 Å². The predicted molar refractivity (Wildman–Crippen MR) is 115 cm³/mol. The summed E-state index contributed by atoms with van der Waals surface area (Å²) in [4.78, 5) is 24.8. The minimum Gasteiger partial charge on any atom is -0.459 e. The number of aliphatic hydroxyl groups excluding tert-OH is 1. The minimum atomic E-state index is -0.614. The van der Waals surface area contributed by atoms with E-state index >= 15 is 0 Å².